The SMILES string of the molecule is NNC(Cc1ccc(Cl)c(Cl)c1)c1cccs1. The predicted octanol–water partition coefficient (Wildman–Crippen LogP) is 3.80. The topological polar surface area (TPSA) is 38.0 Å². The van der Waals surface area contributed by atoms with E-state index >= 15 is 0 Å². The van der Waals surface area contributed by atoms with Crippen LogP contribution in [0.15, 0.2) is 35.7 Å². The molecule has 0 amide bonds. The third kappa shape index (κ3) is 3.21. The van der Waals surface area contributed by atoms with Crippen molar-refractivity contribution in [1.29, 1.82) is 0 Å². The number of thiophene rings is 1. The monoisotopic (exact) mass is 286 g/mol. The van der Waals surface area contributed by atoms with Gasteiger partial charge in [-0.25, -0.2) is 0 Å². The van der Waals surface area contributed by atoms with Gasteiger partial charge in [-0.3, -0.25) is 11.3 Å². The summed E-state index contributed by atoms with van der Waals surface area (Å²) >= 11 is 13.5. The normalized spacial score (nSPS) is 12.6. The maximum absolute atomic E-state index is 5.98. The molecule has 3 N–H and O–H groups in total. The highest BCUT2D eigenvalue weighted by Crippen LogP contribution is 2.26. The molecule has 0 aliphatic heterocycles. The highest BCUT2D eigenvalue weighted by Gasteiger charge is 2.12. The molecule has 5 heteroatoms. The average molecular weight is 287 g/mol. The standard InChI is InChI=1S/C12H12Cl2N2S/c13-9-4-3-8(6-10(9)14)7-11(16-15)12-2-1-5-17-12/h1-6,11,16H,7,15H2. The predicted molar refractivity (Wildman–Crippen MR) is 74.5 cm³/mol. The van der Waals surface area contributed by atoms with Gasteiger partial charge in [-0.05, 0) is 35.6 Å². The van der Waals surface area contributed by atoms with Crippen LogP contribution in [-0.4, -0.2) is 0 Å². The van der Waals surface area contributed by atoms with Crippen LogP contribution in [0.4, 0.5) is 0 Å². The van der Waals surface area contributed by atoms with Crippen molar-refractivity contribution in [3.63, 3.8) is 0 Å². The molecule has 0 radical (unpaired) electrons. The smallest absolute Gasteiger partial charge is 0.0595 e. The highest BCUT2D eigenvalue weighted by molar-refractivity contribution is 7.10. The number of hydrogen-bond donors (Lipinski definition) is 2. The molecule has 0 spiro atoms. The first kappa shape index (κ1) is 12.9. The third-order valence-corrected chi connectivity index (χ3v) is 4.24. The molecular formula is C12H12Cl2N2S. The second-order valence-electron chi connectivity index (χ2n) is 3.69. The van der Waals surface area contributed by atoms with Gasteiger partial charge in [-0.2, -0.15) is 0 Å². The van der Waals surface area contributed by atoms with Gasteiger partial charge in [0.15, 0.2) is 0 Å². The zero-order valence-corrected chi connectivity index (χ0v) is 11.3. The van der Waals surface area contributed by atoms with Crippen LogP contribution in [0.1, 0.15) is 16.5 Å². The number of nitrogens with two attached hydrogens (primary N) is 1. The van der Waals surface area contributed by atoms with E-state index < -0.39 is 0 Å². The number of halogens is 2. The number of rotatable bonds is 4. The Kier molecular flexibility index (Phi) is 4.42. The summed E-state index contributed by atoms with van der Waals surface area (Å²) in [5.41, 5.74) is 3.93. The van der Waals surface area contributed by atoms with Crippen molar-refractivity contribution in [2.45, 2.75) is 12.5 Å². The van der Waals surface area contributed by atoms with Gasteiger partial charge in [0.25, 0.3) is 0 Å². The Labute approximate surface area is 114 Å². The van der Waals surface area contributed by atoms with Crippen molar-refractivity contribution < 1.29 is 0 Å². The van der Waals surface area contributed by atoms with Gasteiger partial charge in [0.05, 0.1) is 16.1 Å². The molecule has 1 unspecified atom stereocenters. The Hall–Kier alpha value is -0.580. The summed E-state index contributed by atoms with van der Waals surface area (Å²) in [6.07, 6.45) is 0.786. The average Bonchev–Trinajstić information content (AvgIpc) is 2.84. The fraction of sp³-hybridized carbons (Fsp3) is 0.167. The van der Waals surface area contributed by atoms with Crippen LogP contribution in [0.2, 0.25) is 10.0 Å². The van der Waals surface area contributed by atoms with Crippen LogP contribution >= 0.6 is 34.5 Å². The summed E-state index contributed by atoms with van der Waals surface area (Å²) in [5.74, 6) is 5.58. The van der Waals surface area contributed by atoms with Crippen LogP contribution in [0.5, 0.6) is 0 Å². The molecule has 1 aromatic carbocycles. The molecule has 1 aromatic heterocycles. The quantitative estimate of drug-likeness (QED) is 0.663. The lowest BCUT2D eigenvalue weighted by molar-refractivity contribution is 0.560. The number of benzene rings is 1. The van der Waals surface area contributed by atoms with E-state index in [1.807, 2.05) is 23.6 Å². The van der Waals surface area contributed by atoms with E-state index in [2.05, 4.69) is 11.5 Å². The third-order valence-electron chi connectivity index (χ3n) is 2.51. The summed E-state index contributed by atoms with van der Waals surface area (Å²) in [7, 11) is 0. The molecule has 0 saturated carbocycles. The molecule has 0 fully saturated rings. The largest absolute Gasteiger partial charge is 0.271 e. The summed E-state index contributed by atoms with van der Waals surface area (Å²) in [6.45, 7) is 0. The Balaban J connectivity index is 2.16. The van der Waals surface area contributed by atoms with Crippen molar-refractivity contribution >= 4 is 34.5 Å². The van der Waals surface area contributed by atoms with E-state index in [0.717, 1.165) is 12.0 Å². The second-order valence-corrected chi connectivity index (χ2v) is 5.48. The van der Waals surface area contributed by atoms with E-state index in [9.17, 15) is 0 Å². The number of nitrogens with one attached hydrogen (secondary N) is 1. The molecule has 2 aromatic rings. The van der Waals surface area contributed by atoms with Crippen LogP contribution in [0.3, 0.4) is 0 Å². The van der Waals surface area contributed by atoms with Gasteiger partial charge in [-0.15, -0.1) is 11.3 Å². The molecule has 1 atom stereocenters. The summed E-state index contributed by atoms with van der Waals surface area (Å²) in [5, 5.41) is 3.18. The molecule has 0 aliphatic rings. The lowest BCUT2D eigenvalue weighted by Gasteiger charge is -2.14. The minimum absolute atomic E-state index is 0.104. The van der Waals surface area contributed by atoms with Gasteiger partial charge in [0, 0.05) is 4.88 Å². The first-order valence-corrected chi connectivity index (χ1v) is 6.77. The molecule has 17 heavy (non-hydrogen) atoms. The van der Waals surface area contributed by atoms with Crippen LogP contribution < -0.4 is 11.3 Å². The Bertz CT molecular complexity index is 485. The molecule has 90 valence electrons. The van der Waals surface area contributed by atoms with E-state index in [4.69, 9.17) is 29.0 Å². The van der Waals surface area contributed by atoms with Crippen molar-refractivity contribution in [2.75, 3.05) is 0 Å². The summed E-state index contributed by atoms with van der Waals surface area (Å²) < 4.78 is 0. The second kappa shape index (κ2) is 5.85. The van der Waals surface area contributed by atoms with Gasteiger partial charge >= 0.3 is 0 Å². The van der Waals surface area contributed by atoms with Crippen LogP contribution in [-0.2, 0) is 6.42 Å². The lowest BCUT2D eigenvalue weighted by Crippen LogP contribution is -2.28. The molecule has 1 heterocycles. The molecule has 0 aliphatic carbocycles. The number of hydrazine groups is 1. The molecular weight excluding hydrogens is 275 g/mol. The van der Waals surface area contributed by atoms with E-state index in [0.29, 0.717) is 10.0 Å². The van der Waals surface area contributed by atoms with Crippen molar-refractivity contribution in [3.8, 4) is 0 Å². The van der Waals surface area contributed by atoms with Gasteiger partial charge in [0.2, 0.25) is 0 Å². The molecule has 0 bridgehead atoms. The number of hydrogen-bond acceptors (Lipinski definition) is 3. The van der Waals surface area contributed by atoms with Gasteiger partial charge in [-0.1, -0.05) is 35.3 Å². The van der Waals surface area contributed by atoms with E-state index in [1.165, 1.54) is 4.88 Å². The zero-order chi connectivity index (χ0) is 12.3. The maximum Gasteiger partial charge on any atom is 0.0595 e. The summed E-state index contributed by atoms with van der Waals surface area (Å²) in [4.78, 5) is 1.21. The van der Waals surface area contributed by atoms with Crippen LogP contribution in [0.25, 0.3) is 0 Å². The molecule has 0 saturated heterocycles. The van der Waals surface area contributed by atoms with E-state index in [1.54, 1.807) is 17.4 Å². The minimum atomic E-state index is 0.104. The van der Waals surface area contributed by atoms with Gasteiger partial charge in [0.1, 0.15) is 0 Å². The Morgan fingerprint density at radius 2 is 2.06 bits per heavy atom. The highest BCUT2D eigenvalue weighted by atomic mass is 35.5. The fourth-order valence-electron chi connectivity index (χ4n) is 1.63. The zero-order valence-electron chi connectivity index (χ0n) is 8.99. The lowest BCUT2D eigenvalue weighted by atomic mass is 10.1. The van der Waals surface area contributed by atoms with Crippen molar-refractivity contribution in [1.82, 2.24) is 5.43 Å². The Morgan fingerprint density at radius 1 is 1.24 bits per heavy atom. The van der Waals surface area contributed by atoms with Crippen molar-refractivity contribution in [3.05, 3.63) is 56.2 Å². The maximum atomic E-state index is 5.98. The first-order chi connectivity index (χ1) is 8.20. The fourth-order valence-corrected chi connectivity index (χ4v) is 2.74. The molecule has 2 nitrogen and oxygen atoms in total. The van der Waals surface area contributed by atoms with Crippen molar-refractivity contribution in [2.24, 2.45) is 5.84 Å². The van der Waals surface area contributed by atoms with E-state index in [-0.39, 0.29) is 6.04 Å². The Morgan fingerprint density at radius 3 is 2.65 bits per heavy atom. The van der Waals surface area contributed by atoms with Gasteiger partial charge < -0.3 is 0 Å². The minimum Gasteiger partial charge on any atom is -0.271 e. The first-order valence-electron chi connectivity index (χ1n) is 5.14. The molecule has 2 rings (SSSR count). The summed E-state index contributed by atoms with van der Waals surface area (Å²) in [6, 6.07) is 9.83. The van der Waals surface area contributed by atoms with Crippen LogP contribution in [0, 0.1) is 0 Å².